The van der Waals surface area contributed by atoms with Gasteiger partial charge in [0.2, 0.25) is 5.91 Å². The van der Waals surface area contributed by atoms with E-state index >= 15 is 4.39 Å². The van der Waals surface area contributed by atoms with E-state index in [1.54, 1.807) is 24.1 Å². The van der Waals surface area contributed by atoms with Crippen LogP contribution in [0.25, 0.3) is 22.3 Å². The molecule has 4 heterocycles. The third-order valence-corrected chi connectivity index (χ3v) is 9.19. The number of hydrogen-bond donors (Lipinski definition) is 1. The number of anilines is 1. The Morgan fingerprint density at radius 3 is 2.40 bits per heavy atom. The van der Waals surface area contributed by atoms with Crippen LogP contribution in [-0.4, -0.2) is 62.7 Å². The highest BCUT2D eigenvalue weighted by atomic mass is 35.5. The first-order valence-corrected chi connectivity index (χ1v) is 15.6. The number of aryl methyl sites for hydroxylation is 1. The zero-order chi connectivity index (χ0) is 34.6. The minimum absolute atomic E-state index is 0.0626. The van der Waals surface area contributed by atoms with Gasteiger partial charge in [0.15, 0.2) is 12.0 Å². The summed E-state index contributed by atoms with van der Waals surface area (Å²) in [5.41, 5.74) is 5.28. The lowest BCUT2D eigenvalue weighted by Gasteiger charge is -2.45. The molecule has 0 saturated carbocycles. The zero-order valence-corrected chi connectivity index (χ0v) is 27.8. The Morgan fingerprint density at radius 2 is 1.83 bits per heavy atom. The number of amides is 1. The van der Waals surface area contributed by atoms with Gasteiger partial charge in [0.05, 0.1) is 44.4 Å². The van der Waals surface area contributed by atoms with Crippen molar-refractivity contribution >= 4 is 51.4 Å². The van der Waals surface area contributed by atoms with E-state index in [1.807, 2.05) is 32.6 Å². The van der Waals surface area contributed by atoms with Gasteiger partial charge in [0, 0.05) is 36.8 Å². The molecule has 0 aromatic carbocycles. The third kappa shape index (κ3) is 5.50. The SMILES string of the molecule is C=CC(=O)N1[C@H](C)CN(c2c(C#N)c(=O)n(-c3c(C)ccnc3C(C)C)c3nc(C4=C(F)[C@H](N)C(F)C(F)=C4Cl)c(Cl)cc23)C[C@@H]1C. The molecule has 2 aliphatic rings. The number of rotatable bonds is 5. The number of fused-ring (bicyclic) bond motifs is 1. The van der Waals surface area contributed by atoms with Crippen molar-refractivity contribution in [1.29, 1.82) is 5.26 Å². The molecule has 1 aliphatic heterocycles. The number of piperazine rings is 1. The molecule has 1 unspecified atom stereocenters. The molecule has 0 spiro atoms. The van der Waals surface area contributed by atoms with E-state index in [9.17, 15) is 23.6 Å². The maximum absolute atomic E-state index is 15.6. The molecule has 1 fully saturated rings. The molecule has 3 aromatic heterocycles. The molecular formula is C33H32Cl2F3N7O2. The second-order valence-electron chi connectivity index (χ2n) is 12.0. The molecule has 4 atom stereocenters. The van der Waals surface area contributed by atoms with E-state index in [1.165, 1.54) is 16.7 Å². The summed E-state index contributed by atoms with van der Waals surface area (Å²) in [6.45, 7) is 13.2. The van der Waals surface area contributed by atoms with Gasteiger partial charge in [-0.1, -0.05) is 43.6 Å². The lowest BCUT2D eigenvalue weighted by atomic mass is 9.95. The van der Waals surface area contributed by atoms with Crippen molar-refractivity contribution in [3.05, 3.63) is 85.6 Å². The number of alkyl halides is 1. The van der Waals surface area contributed by atoms with Crippen LogP contribution in [0, 0.1) is 18.3 Å². The Kier molecular flexibility index (Phi) is 9.29. The van der Waals surface area contributed by atoms with Gasteiger partial charge in [-0.15, -0.1) is 0 Å². The third-order valence-electron chi connectivity index (χ3n) is 8.53. The van der Waals surface area contributed by atoms with E-state index in [4.69, 9.17) is 28.9 Å². The van der Waals surface area contributed by atoms with Crippen LogP contribution < -0.4 is 16.2 Å². The van der Waals surface area contributed by atoms with Crippen LogP contribution >= 0.6 is 23.2 Å². The number of halogens is 5. The predicted octanol–water partition coefficient (Wildman–Crippen LogP) is 6.13. The number of allylic oxidation sites excluding steroid dienone is 2. The second-order valence-corrected chi connectivity index (χ2v) is 12.8. The Balaban J connectivity index is 1.92. The number of carbonyl (C=O) groups is 1. The minimum Gasteiger partial charge on any atom is -0.366 e. The molecule has 2 N–H and O–H groups in total. The second kappa shape index (κ2) is 12.8. The summed E-state index contributed by atoms with van der Waals surface area (Å²) in [6, 6.07) is 2.42. The highest BCUT2D eigenvalue weighted by Crippen LogP contribution is 2.44. The number of pyridine rings is 3. The molecule has 9 nitrogen and oxygen atoms in total. The molecular weight excluding hydrogens is 654 g/mol. The fraction of sp³-hybridized carbons (Fsp3) is 0.364. The summed E-state index contributed by atoms with van der Waals surface area (Å²) in [5.74, 6) is -3.20. The molecule has 14 heteroatoms. The van der Waals surface area contributed by atoms with Crippen molar-refractivity contribution in [3.63, 3.8) is 0 Å². The molecule has 5 rings (SSSR count). The number of nitrogens with zero attached hydrogens (tertiary/aromatic N) is 6. The lowest BCUT2D eigenvalue weighted by molar-refractivity contribution is -0.130. The highest BCUT2D eigenvalue weighted by molar-refractivity contribution is 6.39. The van der Waals surface area contributed by atoms with Crippen molar-refractivity contribution in [1.82, 2.24) is 19.4 Å². The first kappa shape index (κ1) is 34.2. The van der Waals surface area contributed by atoms with E-state index in [0.29, 0.717) is 16.9 Å². The van der Waals surface area contributed by atoms with Crippen molar-refractivity contribution in [2.45, 2.75) is 64.8 Å². The van der Waals surface area contributed by atoms with Crippen molar-refractivity contribution in [2.75, 3.05) is 18.0 Å². The Morgan fingerprint density at radius 1 is 1.19 bits per heavy atom. The van der Waals surface area contributed by atoms with Gasteiger partial charge in [-0.2, -0.15) is 5.26 Å². The summed E-state index contributed by atoms with van der Waals surface area (Å²) in [6.07, 6.45) is 0.302. The quantitative estimate of drug-likeness (QED) is 0.321. The van der Waals surface area contributed by atoms with Gasteiger partial charge in [-0.05, 0) is 50.5 Å². The van der Waals surface area contributed by atoms with Crippen LogP contribution in [-0.2, 0) is 4.79 Å². The lowest BCUT2D eigenvalue weighted by Crippen LogP contribution is -2.58. The molecule has 0 bridgehead atoms. The first-order valence-electron chi connectivity index (χ1n) is 14.9. The average molecular weight is 687 g/mol. The summed E-state index contributed by atoms with van der Waals surface area (Å²) in [7, 11) is 0. The fourth-order valence-corrected chi connectivity index (χ4v) is 6.95. The Bertz CT molecular complexity index is 1990. The van der Waals surface area contributed by atoms with Crippen molar-refractivity contribution in [3.8, 4) is 11.8 Å². The van der Waals surface area contributed by atoms with Gasteiger partial charge in [0.1, 0.15) is 23.1 Å². The van der Waals surface area contributed by atoms with Crippen LogP contribution in [0.5, 0.6) is 0 Å². The van der Waals surface area contributed by atoms with Crippen LogP contribution in [0.1, 0.15) is 56.1 Å². The zero-order valence-electron chi connectivity index (χ0n) is 26.3. The number of hydrogen-bond acceptors (Lipinski definition) is 7. The standard InChI is InChI=1S/C33H32Cl2F3N7O2/c1-7-21(46)44-16(5)12-43(13-17(44)6)31-18-10-20(34)29(22-23(35)25(37)26(38)27(40)24(22)36)42-32(18)45(33(47)19(31)11-39)30-15(4)8-9-41-28(30)14(2)3/h7-10,14,16-17,26-27H,1,12-13,40H2,2-6H3/t16-,17+,26?,27-/m0/s1. The predicted molar refractivity (Wildman–Crippen MR) is 177 cm³/mol. The van der Waals surface area contributed by atoms with Crippen LogP contribution in [0.3, 0.4) is 0 Å². The monoisotopic (exact) mass is 685 g/mol. The van der Waals surface area contributed by atoms with Crippen LogP contribution in [0.2, 0.25) is 5.02 Å². The van der Waals surface area contributed by atoms with E-state index < -0.39 is 40.0 Å². The summed E-state index contributed by atoms with van der Waals surface area (Å²) in [5, 5.41) is 9.62. The normalized spacial score (nSPS) is 21.9. The molecule has 1 amide bonds. The van der Waals surface area contributed by atoms with Crippen molar-refractivity contribution < 1.29 is 18.0 Å². The van der Waals surface area contributed by atoms with Crippen LogP contribution in [0.15, 0.2) is 52.5 Å². The molecule has 1 saturated heterocycles. The van der Waals surface area contributed by atoms with Crippen LogP contribution in [0.4, 0.5) is 18.9 Å². The molecule has 246 valence electrons. The van der Waals surface area contributed by atoms with E-state index in [2.05, 4.69) is 22.6 Å². The Labute approximate surface area is 279 Å². The maximum atomic E-state index is 15.6. The van der Waals surface area contributed by atoms with Gasteiger partial charge in [0.25, 0.3) is 5.56 Å². The van der Waals surface area contributed by atoms with Crippen molar-refractivity contribution in [2.24, 2.45) is 5.73 Å². The molecule has 3 aromatic rings. The molecule has 1 aliphatic carbocycles. The average Bonchev–Trinajstić information content (AvgIpc) is 3.02. The number of aromatic nitrogens is 3. The number of nitrogens with two attached hydrogens (primary N) is 1. The minimum atomic E-state index is -2.52. The summed E-state index contributed by atoms with van der Waals surface area (Å²) >= 11 is 12.9. The summed E-state index contributed by atoms with van der Waals surface area (Å²) in [4.78, 5) is 39.8. The van der Waals surface area contributed by atoms with E-state index in [0.717, 1.165) is 0 Å². The highest BCUT2D eigenvalue weighted by Gasteiger charge is 2.39. The Hall–Kier alpha value is -4.18. The number of carbonyl (C=O) groups excluding carboxylic acids is 1. The first-order chi connectivity index (χ1) is 22.2. The molecule has 47 heavy (non-hydrogen) atoms. The van der Waals surface area contributed by atoms with E-state index in [-0.39, 0.29) is 70.0 Å². The molecule has 0 radical (unpaired) electrons. The largest absolute Gasteiger partial charge is 0.366 e. The topological polar surface area (TPSA) is 121 Å². The van der Waals surface area contributed by atoms with Gasteiger partial charge < -0.3 is 15.5 Å². The summed E-state index contributed by atoms with van der Waals surface area (Å²) < 4.78 is 46.1. The fourth-order valence-electron chi connectivity index (χ4n) is 6.43. The van der Waals surface area contributed by atoms with Gasteiger partial charge in [-0.3, -0.25) is 19.1 Å². The smallest absolute Gasteiger partial charge is 0.276 e. The van der Waals surface area contributed by atoms with Gasteiger partial charge in [-0.25, -0.2) is 18.2 Å². The number of nitriles is 1. The van der Waals surface area contributed by atoms with Gasteiger partial charge >= 0.3 is 0 Å². The maximum Gasteiger partial charge on any atom is 0.276 e.